The van der Waals surface area contributed by atoms with Gasteiger partial charge in [-0.3, -0.25) is 0 Å². The molecule has 0 spiro atoms. The molecule has 0 saturated carbocycles. The first-order valence-electron chi connectivity index (χ1n) is 28.3. The van der Waals surface area contributed by atoms with Crippen LogP contribution in [0.15, 0.2) is 200 Å². The average molecular weight is 1080 g/mol. The standard InChI is InChI=1S/C77H60F3N3/c1-44-13-23-59(49(6)33-44)54-18-29-71-66(38-54)67-39-55(60-24-14-45(2)34-50(60)7)19-30-72(67)82(71)58-22-27-63(76-48(5)11-10-12-70(76)77(78,79)80)64(42-58)65-37-53(43-81)17-28-73(65)83-74-31-20-56(61-25-15-46(3)35-51(61)8)40-68(74)69-41-57(21-32-75(69)83)62-26-16-47(4)36-52(62)9/h10-42H,1-9H3. The molecule has 6 heteroatoms. The van der Waals surface area contributed by atoms with E-state index in [4.69, 9.17) is 0 Å². The molecule has 13 aromatic rings. The molecular weight excluding hydrogens is 1020 g/mol. The molecule has 13 rings (SSSR count). The SMILES string of the molecule is Cc1ccc(-c2ccc3c(c2)c2cc(-c4ccc(C)cc4C)ccc2n3-c2ccc(-c3c(C)cccc3C(F)(F)F)c(-c3cc(C#N)ccc3-n3c4ccc(-c5ccc(C)cc5C)cc4c4cc(-c5ccc(C)cc5C)ccc43)c2)c(C)c1. The monoisotopic (exact) mass is 1080 g/mol. The van der Waals surface area contributed by atoms with E-state index < -0.39 is 11.7 Å². The number of aryl methyl sites for hydroxylation is 9. The third-order valence-electron chi connectivity index (χ3n) is 17.1. The lowest BCUT2D eigenvalue weighted by molar-refractivity contribution is -0.137. The summed E-state index contributed by atoms with van der Waals surface area (Å²) in [5, 5.41) is 15.0. The molecule has 11 aromatic carbocycles. The van der Waals surface area contributed by atoms with Gasteiger partial charge in [-0.1, -0.05) is 138 Å². The van der Waals surface area contributed by atoms with Gasteiger partial charge in [0, 0.05) is 32.8 Å². The minimum Gasteiger partial charge on any atom is -0.309 e. The van der Waals surface area contributed by atoms with Crippen molar-refractivity contribution >= 4 is 43.6 Å². The third-order valence-corrected chi connectivity index (χ3v) is 17.1. The van der Waals surface area contributed by atoms with Crippen molar-refractivity contribution in [3.8, 4) is 84.2 Å². The highest BCUT2D eigenvalue weighted by Gasteiger charge is 2.35. The second-order valence-electron chi connectivity index (χ2n) is 22.9. The predicted molar refractivity (Wildman–Crippen MR) is 340 cm³/mol. The number of hydrogen-bond donors (Lipinski definition) is 0. The highest BCUT2D eigenvalue weighted by Crippen LogP contribution is 2.48. The van der Waals surface area contributed by atoms with Crippen LogP contribution in [-0.4, -0.2) is 9.13 Å². The lowest BCUT2D eigenvalue weighted by atomic mass is 9.87. The maximum Gasteiger partial charge on any atom is 0.417 e. The molecule has 3 nitrogen and oxygen atoms in total. The quantitative estimate of drug-likeness (QED) is 0.149. The Kier molecular flexibility index (Phi) is 12.7. The van der Waals surface area contributed by atoms with Crippen LogP contribution in [0.25, 0.3) is 122 Å². The topological polar surface area (TPSA) is 33.6 Å². The Morgan fingerprint density at radius 3 is 1.12 bits per heavy atom. The third kappa shape index (κ3) is 9.09. The molecule has 0 amide bonds. The fourth-order valence-electron chi connectivity index (χ4n) is 13.2. The van der Waals surface area contributed by atoms with E-state index in [1.54, 1.807) is 13.0 Å². The molecule has 0 aliphatic carbocycles. The van der Waals surface area contributed by atoms with Gasteiger partial charge < -0.3 is 9.13 Å². The number of nitrogens with zero attached hydrogens (tertiary/aromatic N) is 3. The number of alkyl halides is 3. The number of nitriles is 1. The molecule has 83 heavy (non-hydrogen) atoms. The molecular formula is C77H60F3N3. The van der Waals surface area contributed by atoms with E-state index in [1.165, 1.54) is 56.6 Å². The van der Waals surface area contributed by atoms with Crippen LogP contribution >= 0.6 is 0 Å². The summed E-state index contributed by atoms with van der Waals surface area (Å²) in [5.41, 5.74) is 25.4. The van der Waals surface area contributed by atoms with Crippen molar-refractivity contribution in [3.63, 3.8) is 0 Å². The van der Waals surface area contributed by atoms with Gasteiger partial charge in [-0.15, -0.1) is 0 Å². The summed E-state index contributed by atoms with van der Waals surface area (Å²) in [6, 6.07) is 71.0. The predicted octanol–water partition coefficient (Wildman–Crippen LogP) is 21.5. The van der Waals surface area contributed by atoms with Gasteiger partial charge in [-0.25, -0.2) is 0 Å². The van der Waals surface area contributed by atoms with Crippen LogP contribution < -0.4 is 0 Å². The van der Waals surface area contributed by atoms with Gasteiger partial charge in [0.25, 0.3) is 0 Å². The number of halogens is 3. The Morgan fingerprint density at radius 2 is 0.735 bits per heavy atom. The molecule has 0 aliphatic rings. The van der Waals surface area contributed by atoms with E-state index in [9.17, 15) is 5.26 Å². The lowest BCUT2D eigenvalue weighted by Crippen LogP contribution is -2.09. The van der Waals surface area contributed by atoms with Crippen molar-refractivity contribution in [3.05, 3.63) is 261 Å². The zero-order valence-electron chi connectivity index (χ0n) is 48.0. The van der Waals surface area contributed by atoms with Crippen LogP contribution in [0.3, 0.4) is 0 Å². The van der Waals surface area contributed by atoms with Crippen molar-refractivity contribution in [2.24, 2.45) is 0 Å². The van der Waals surface area contributed by atoms with Crippen molar-refractivity contribution in [2.75, 3.05) is 0 Å². The molecule has 0 fully saturated rings. The van der Waals surface area contributed by atoms with Gasteiger partial charge in [-0.05, 0) is 236 Å². The highest BCUT2D eigenvalue weighted by molar-refractivity contribution is 6.14. The van der Waals surface area contributed by atoms with E-state index >= 15 is 13.2 Å². The van der Waals surface area contributed by atoms with Gasteiger partial charge in [0.05, 0.1) is 45.0 Å². The normalized spacial score (nSPS) is 11.8. The summed E-state index contributed by atoms with van der Waals surface area (Å²) in [5.74, 6) is 0. The smallest absolute Gasteiger partial charge is 0.309 e. The Bertz CT molecular complexity index is 4680. The first-order chi connectivity index (χ1) is 39.9. The maximum atomic E-state index is 15.6. The summed E-state index contributed by atoms with van der Waals surface area (Å²) in [7, 11) is 0. The van der Waals surface area contributed by atoms with E-state index in [0.29, 0.717) is 27.8 Å². The van der Waals surface area contributed by atoms with Crippen LogP contribution in [0.2, 0.25) is 0 Å². The van der Waals surface area contributed by atoms with Gasteiger partial charge in [0.15, 0.2) is 0 Å². The van der Waals surface area contributed by atoms with Crippen LogP contribution in [0.1, 0.15) is 61.2 Å². The van der Waals surface area contributed by atoms with Gasteiger partial charge in [0.2, 0.25) is 0 Å². The molecule has 0 radical (unpaired) electrons. The number of rotatable bonds is 8. The number of hydrogen-bond acceptors (Lipinski definition) is 1. The molecule has 0 saturated heterocycles. The summed E-state index contributed by atoms with van der Waals surface area (Å²) in [6.07, 6.45) is -4.67. The molecule has 2 aromatic heterocycles. The van der Waals surface area contributed by atoms with Crippen molar-refractivity contribution in [1.82, 2.24) is 9.13 Å². The fourth-order valence-corrected chi connectivity index (χ4v) is 13.2. The average Bonchev–Trinajstić information content (AvgIpc) is 1.94. The molecule has 0 atom stereocenters. The number of aromatic nitrogens is 2. The zero-order chi connectivity index (χ0) is 57.7. The van der Waals surface area contributed by atoms with Gasteiger partial charge in [-0.2, -0.15) is 18.4 Å². The highest BCUT2D eigenvalue weighted by atomic mass is 19.4. The summed E-state index contributed by atoms with van der Waals surface area (Å²) < 4.78 is 51.3. The van der Waals surface area contributed by atoms with Crippen LogP contribution in [0.5, 0.6) is 0 Å². The van der Waals surface area contributed by atoms with Crippen molar-refractivity contribution in [2.45, 2.75) is 68.5 Å². The minimum absolute atomic E-state index is 0.0896. The molecule has 0 N–H and O–H groups in total. The van der Waals surface area contributed by atoms with E-state index in [0.717, 1.165) is 99.5 Å². The first-order valence-corrected chi connectivity index (χ1v) is 28.3. The fraction of sp³-hybridized carbons (Fsp3) is 0.130. The molecule has 404 valence electrons. The largest absolute Gasteiger partial charge is 0.417 e. The van der Waals surface area contributed by atoms with Gasteiger partial charge >= 0.3 is 6.18 Å². The Morgan fingerprint density at radius 1 is 0.337 bits per heavy atom. The molecule has 2 heterocycles. The summed E-state index contributed by atoms with van der Waals surface area (Å²) in [6.45, 7) is 18.8. The molecule has 0 unspecified atom stereocenters. The minimum atomic E-state index is -4.67. The Balaban J connectivity index is 1.12. The Hall–Kier alpha value is -9.70. The number of fused-ring (bicyclic) bond motifs is 6. The lowest BCUT2D eigenvalue weighted by Gasteiger charge is -2.22. The van der Waals surface area contributed by atoms with Crippen LogP contribution in [0, 0.1) is 73.6 Å². The molecule has 0 bridgehead atoms. The Labute approximate surface area is 482 Å². The number of benzene rings is 11. The maximum absolute atomic E-state index is 15.6. The van der Waals surface area contributed by atoms with E-state index in [2.05, 4.69) is 216 Å². The molecule has 0 aliphatic heterocycles. The zero-order valence-corrected chi connectivity index (χ0v) is 48.0. The van der Waals surface area contributed by atoms with Crippen molar-refractivity contribution < 1.29 is 13.2 Å². The van der Waals surface area contributed by atoms with Crippen LogP contribution in [0.4, 0.5) is 13.2 Å². The summed E-state index contributed by atoms with van der Waals surface area (Å²) >= 11 is 0. The van der Waals surface area contributed by atoms with Crippen LogP contribution in [-0.2, 0) is 6.18 Å². The van der Waals surface area contributed by atoms with E-state index in [1.807, 2.05) is 36.4 Å². The van der Waals surface area contributed by atoms with E-state index in [-0.39, 0.29) is 5.56 Å². The second-order valence-corrected chi connectivity index (χ2v) is 22.9. The first kappa shape index (κ1) is 52.7. The second kappa shape index (κ2) is 20.1. The van der Waals surface area contributed by atoms with Crippen molar-refractivity contribution in [1.29, 1.82) is 5.26 Å². The summed E-state index contributed by atoms with van der Waals surface area (Å²) in [4.78, 5) is 0. The van der Waals surface area contributed by atoms with Gasteiger partial charge in [0.1, 0.15) is 0 Å².